The molecule has 0 unspecified atom stereocenters. The predicted molar refractivity (Wildman–Crippen MR) is 132 cm³/mol. The number of benzene rings is 2. The van der Waals surface area contributed by atoms with Crippen LogP contribution < -0.4 is 15.2 Å². The van der Waals surface area contributed by atoms with Gasteiger partial charge in [-0.1, -0.05) is 6.92 Å². The molecule has 1 aliphatic heterocycles. The molecule has 0 radical (unpaired) electrons. The van der Waals surface area contributed by atoms with Crippen molar-refractivity contribution < 1.29 is 9.84 Å². The second-order valence-corrected chi connectivity index (χ2v) is 9.28. The molecule has 0 spiro atoms. The Morgan fingerprint density at radius 3 is 2.50 bits per heavy atom. The maximum Gasteiger partial charge on any atom is 0.248 e. The van der Waals surface area contributed by atoms with Crippen LogP contribution in [0.5, 0.6) is 5.75 Å². The van der Waals surface area contributed by atoms with E-state index in [-0.39, 0.29) is 12.2 Å². The van der Waals surface area contributed by atoms with Gasteiger partial charge in [0.05, 0.1) is 0 Å². The van der Waals surface area contributed by atoms with Crippen LogP contribution in [0.15, 0.2) is 64.3 Å². The molecule has 1 aliphatic rings. The number of anilines is 1. The van der Waals surface area contributed by atoms with E-state index in [1.165, 1.54) is 16.6 Å². The van der Waals surface area contributed by atoms with Crippen molar-refractivity contribution in [2.45, 2.75) is 23.8 Å². The molecule has 3 aromatic rings. The van der Waals surface area contributed by atoms with Crippen LogP contribution in [-0.4, -0.2) is 66.2 Å². The number of hydrogen-bond acceptors (Lipinski definition) is 6. The summed E-state index contributed by atoms with van der Waals surface area (Å²) in [5, 5.41) is 12.1. The third-order valence-corrected chi connectivity index (χ3v) is 6.93. The van der Waals surface area contributed by atoms with Crippen LogP contribution >= 0.6 is 11.8 Å². The number of aliphatic hydroxyl groups is 1. The van der Waals surface area contributed by atoms with Crippen LogP contribution in [0.4, 0.5) is 5.69 Å². The summed E-state index contributed by atoms with van der Waals surface area (Å²) in [6.45, 7) is 6.53. The topological polar surface area (TPSA) is 68.8 Å². The maximum absolute atomic E-state index is 11.5. The van der Waals surface area contributed by atoms with Crippen LogP contribution in [0.1, 0.15) is 13.3 Å². The summed E-state index contributed by atoms with van der Waals surface area (Å²) >= 11 is 1.76. The van der Waals surface area contributed by atoms with Gasteiger partial charge in [-0.05, 0) is 61.2 Å². The van der Waals surface area contributed by atoms with Crippen LogP contribution in [0.3, 0.4) is 0 Å². The molecule has 2 N–H and O–H groups in total. The van der Waals surface area contributed by atoms with E-state index in [0.29, 0.717) is 18.7 Å². The Balaban J connectivity index is 1.32. The van der Waals surface area contributed by atoms with Crippen molar-refractivity contribution in [1.82, 2.24) is 9.88 Å². The highest BCUT2D eigenvalue weighted by molar-refractivity contribution is 7.98. The largest absolute Gasteiger partial charge is 0.491 e. The molecule has 0 saturated carbocycles. The zero-order valence-electron chi connectivity index (χ0n) is 18.7. The minimum Gasteiger partial charge on any atom is -0.491 e. The lowest BCUT2D eigenvalue weighted by Crippen LogP contribution is -2.53. The van der Waals surface area contributed by atoms with E-state index in [2.05, 4.69) is 45.3 Å². The van der Waals surface area contributed by atoms with Gasteiger partial charge in [0.2, 0.25) is 5.56 Å². The highest BCUT2D eigenvalue weighted by Crippen LogP contribution is 2.24. The predicted octanol–water partition coefficient (Wildman–Crippen LogP) is 3.59. The molecule has 0 aliphatic carbocycles. The Labute approximate surface area is 193 Å². The lowest BCUT2D eigenvalue weighted by atomic mass is 10.0. The van der Waals surface area contributed by atoms with Gasteiger partial charge >= 0.3 is 0 Å². The number of piperazine rings is 1. The van der Waals surface area contributed by atoms with Gasteiger partial charge in [0.25, 0.3) is 0 Å². The van der Waals surface area contributed by atoms with Crippen molar-refractivity contribution in [3.8, 4) is 5.75 Å². The summed E-state index contributed by atoms with van der Waals surface area (Å²) in [6, 6.07) is 17.6. The fourth-order valence-electron chi connectivity index (χ4n) is 4.07. The number of aromatic amines is 1. The van der Waals surface area contributed by atoms with E-state index in [1.54, 1.807) is 17.8 Å². The molecule has 6 nitrogen and oxygen atoms in total. The molecule has 7 heteroatoms. The minimum atomic E-state index is -0.915. The maximum atomic E-state index is 11.5. The standard InChI is InChI=1S/C25H31N3O3S/c1-3-25(30,18-31-21-7-10-23-19(16-21)4-11-24(29)26-23)17-27-12-14-28(15-13-27)20-5-8-22(32-2)9-6-20/h4-11,16,30H,3,12-15,17-18H2,1-2H3,(H,26,29)/t25-/m1/s1. The number of pyridine rings is 1. The van der Waals surface area contributed by atoms with E-state index in [9.17, 15) is 9.90 Å². The summed E-state index contributed by atoms with van der Waals surface area (Å²) in [7, 11) is 0. The molecule has 1 atom stereocenters. The Morgan fingerprint density at radius 1 is 1.06 bits per heavy atom. The number of fused-ring (bicyclic) bond motifs is 1. The quantitative estimate of drug-likeness (QED) is 0.508. The normalized spacial score (nSPS) is 16.8. The summed E-state index contributed by atoms with van der Waals surface area (Å²) in [4.78, 5) is 20.3. The zero-order valence-corrected chi connectivity index (χ0v) is 19.5. The Bertz CT molecular complexity index is 1090. The van der Waals surface area contributed by atoms with Gasteiger partial charge in [0, 0.05) is 60.3 Å². The van der Waals surface area contributed by atoms with Gasteiger partial charge in [-0.3, -0.25) is 9.69 Å². The van der Waals surface area contributed by atoms with Crippen molar-refractivity contribution in [3.05, 3.63) is 65.0 Å². The first-order valence-corrected chi connectivity index (χ1v) is 12.3. The lowest BCUT2D eigenvalue weighted by molar-refractivity contribution is -0.0358. The molecule has 0 amide bonds. The molecule has 32 heavy (non-hydrogen) atoms. The average Bonchev–Trinajstić information content (AvgIpc) is 2.83. The summed E-state index contributed by atoms with van der Waals surface area (Å²) in [5.74, 6) is 0.690. The Kier molecular flexibility index (Phi) is 7.08. The van der Waals surface area contributed by atoms with Crippen molar-refractivity contribution in [1.29, 1.82) is 0 Å². The second-order valence-electron chi connectivity index (χ2n) is 8.40. The number of ether oxygens (including phenoxy) is 1. The number of nitrogens with one attached hydrogen (secondary N) is 1. The SMILES string of the molecule is CC[C@](O)(COc1ccc2[nH]c(=O)ccc2c1)CN1CCN(c2ccc(SC)cc2)CC1. The highest BCUT2D eigenvalue weighted by atomic mass is 32.2. The van der Waals surface area contributed by atoms with Gasteiger partial charge in [-0.15, -0.1) is 11.8 Å². The number of hydrogen-bond donors (Lipinski definition) is 2. The number of H-pyrrole nitrogens is 1. The minimum absolute atomic E-state index is 0.122. The summed E-state index contributed by atoms with van der Waals surface area (Å²) < 4.78 is 5.97. The van der Waals surface area contributed by atoms with Crippen LogP contribution in [-0.2, 0) is 0 Å². The first kappa shape index (κ1) is 22.7. The Hall–Kier alpha value is -2.48. The van der Waals surface area contributed by atoms with Gasteiger partial charge in [0.1, 0.15) is 18.0 Å². The molecule has 170 valence electrons. The summed E-state index contributed by atoms with van der Waals surface area (Å²) in [6.07, 6.45) is 2.71. The smallest absolute Gasteiger partial charge is 0.248 e. The number of thioether (sulfide) groups is 1. The molecule has 1 saturated heterocycles. The molecule has 2 aromatic carbocycles. The Morgan fingerprint density at radius 2 is 1.81 bits per heavy atom. The fraction of sp³-hybridized carbons (Fsp3) is 0.400. The van der Waals surface area contributed by atoms with Crippen molar-refractivity contribution >= 4 is 28.4 Å². The van der Waals surface area contributed by atoms with Gasteiger partial charge in [0.15, 0.2) is 0 Å². The van der Waals surface area contributed by atoms with Crippen molar-refractivity contribution in [3.63, 3.8) is 0 Å². The highest BCUT2D eigenvalue weighted by Gasteiger charge is 2.30. The second kappa shape index (κ2) is 9.98. The fourth-order valence-corrected chi connectivity index (χ4v) is 4.48. The number of aromatic nitrogens is 1. The van der Waals surface area contributed by atoms with Gasteiger partial charge in [-0.2, -0.15) is 0 Å². The van der Waals surface area contributed by atoms with Gasteiger partial charge in [-0.25, -0.2) is 0 Å². The lowest BCUT2D eigenvalue weighted by Gasteiger charge is -2.40. The van der Waals surface area contributed by atoms with Crippen LogP contribution in [0.2, 0.25) is 0 Å². The molecule has 1 aromatic heterocycles. The third-order valence-electron chi connectivity index (χ3n) is 6.19. The van der Waals surface area contributed by atoms with E-state index >= 15 is 0 Å². The average molecular weight is 454 g/mol. The first-order chi connectivity index (χ1) is 15.5. The number of nitrogens with zero attached hydrogens (tertiary/aromatic N) is 2. The molecule has 0 bridgehead atoms. The van der Waals surface area contributed by atoms with E-state index in [0.717, 1.165) is 37.1 Å². The summed E-state index contributed by atoms with van der Waals surface area (Å²) in [5.41, 5.74) is 0.997. The first-order valence-electron chi connectivity index (χ1n) is 11.1. The molecule has 4 rings (SSSR count). The number of rotatable bonds is 8. The zero-order chi connectivity index (χ0) is 22.6. The van der Waals surface area contributed by atoms with Gasteiger partial charge < -0.3 is 19.7 Å². The van der Waals surface area contributed by atoms with Crippen LogP contribution in [0.25, 0.3) is 10.9 Å². The number of β-amino-alcohol motifs (C(OH)–C–C–N with tert-alkyl or cyclic N) is 1. The van der Waals surface area contributed by atoms with Crippen molar-refractivity contribution in [2.75, 3.05) is 50.5 Å². The van der Waals surface area contributed by atoms with Crippen LogP contribution in [0, 0.1) is 0 Å². The molecule has 1 fully saturated rings. The molecular formula is C25H31N3O3S. The molecular weight excluding hydrogens is 422 g/mol. The molecule has 2 heterocycles. The van der Waals surface area contributed by atoms with E-state index in [1.807, 2.05) is 25.1 Å². The van der Waals surface area contributed by atoms with Crippen molar-refractivity contribution in [2.24, 2.45) is 0 Å². The third kappa shape index (κ3) is 5.46. The van der Waals surface area contributed by atoms with E-state index in [4.69, 9.17) is 4.74 Å². The monoisotopic (exact) mass is 453 g/mol. The van der Waals surface area contributed by atoms with E-state index < -0.39 is 5.60 Å².